The van der Waals surface area contributed by atoms with Crippen molar-refractivity contribution in [3.8, 4) is 28.8 Å². The van der Waals surface area contributed by atoms with Gasteiger partial charge in [-0.25, -0.2) is 4.79 Å². The van der Waals surface area contributed by atoms with Gasteiger partial charge in [0, 0.05) is 11.8 Å². The highest BCUT2D eigenvalue weighted by molar-refractivity contribution is 5.97. The second-order valence-electron chi connectivity index (χ2n) is 5.80. The van der Waals surface area contributed by atoms with E-state index in [0.717, 1.165) is 5.56 Å². The quantitative estimate of drug-likeness (QED) is 0.607. The molecule has 0 atom stereocenters. The molecule has 2 aromatic carbocycles. The first-order valence-corrected chi connectivity index (χ1v) is 8.51. The van der Waals surface area contributed by atoms with Crippen molar-refractivity contribution in [2.45, 2.75) is 6.61 Å². The van der Waals surface area contributed by atoms with Crippen LogP contribution in [0.5, 0.6) is 11.5 Å². The van der Waals surface area contributed by atoms with Gasteiger partial charge in [0.2, 0.25) is 0 Å². The van der Waals surface area contributed by atoms with Crippen LogP contribution in [0.4, 0.5) is 0 Å². The van der Waals surface area contributed by atoms with Gasteiger partial charge in [-0.2, -0.15) is 5.26 Å². The van der Waals surface area contributed by atoms with Crippen LogP contribution >= 0.6 is 0 Å². The minimum Gasteiger partial charge on any atom is -0.495 e. The first kappa shape index (κ1) is 18.9. The zero-order chi connectivity index (χ0) is 19.9. The Morgan fingerprint density at radius 3 is 2.50 bits per heavy atom. The van der Waals surface area contributed by atoms with Gasteiger partial charge in [-0.05, 0) is 29.8 Å². The van der Waals surface area contributed by atoms with Crippen molar-refractivity contribution in [3.05, 3.63) is 77.5 Å². The van der Waals surface area contributed by atoms with Crippen LogP contribution in [0.2, 0.25) is 0 Å². The molecule has 3 rings (SSSR count). The van der Waals surface area contributed by atoms with Gasteiger partial charge in [0.05, 0.1) is 25.5 Å². The van der Waals surface area contributed by atoms with E-state index < -0.39 is 5.97 Å². The van der Waals surface area contributed by atoms with Gasteiger partial charge >= 0.3 is 5.97 Å². The molecular weight excluding hydrogens is 356 g/mol. The number of methoxy groups -OCH3 is 2. The van der Waals surface area contributed by atoms with Crippen LogP contribution in [0.3, 0.4) is 0 Å². The van der Waals surface area contributed by atoms with Gasteiger partial charge in [-0.1, -0.05) is 30.3 Å². The Hall–Kier alpha value is -3.85. The lowest BCUT2D eigenvalue weighted by Crippen LogP contribution is -2.08. The van der Waals surface area contributed by atoms with E-state index >= 15 is 0 Å². The highest BCUT2D eigenvalue weighted by Gasteiger charge is 2.22. The van der Waals surface area contributed by atoms with Crippen molar-refractivity contribution in [2.24, 2.45) is 0 Å². The van der Waals surface area contributed by atoms with E-state index in [2.05, 4.69) is 11.1 Å². The number of pyridine rings is 1. The second-order valence-corrected chi connectivity index (χ2v) is 5.80. The zero-order valence-electron chi connectivity index (χ0n) is 15.5. The van der Waals surface area contributed by atoms with Gasteiger partial charge in [0.15, 0.2) is 0 Å². The summed E-state index contributed by atoms with van der Waals surface area (Å²) in [4.78, 5) is 17.0. The third-order valence-corrected chi connectivity index (χ3v) is 4.15. The normalized spacial score (nSPS) is 10.0. The lowest BCUT2D eigenvalue weighted by Gasteiger charge is -2.14. The molecule has 0 unspecified atom stereocenters. The summed E-state index contributed by atoms with van der Waals surface area (Å²) in [6, 6.07) is 18.1. The molecule has 0 aliphatic rings. The number of nitriles is 1. The van der Waals surface area contributed by atoms with Crippen molar-refractivity contribution < 1.29 is 19.0 Å². The van der Waals surface area contributed by atoms with Crippen LogP contribution in [0, 0.1) is 11.3 Å². The Labute approximate surface area is 162 Å². The highest BCUT2D eigenvalue weighted by atomic mass is 16.5. The number of ether oxygens (including phenoxy) is 3. The Balaban J connectivity index is 1.99. The number of rotatable bonds is 6. The largest absolute Gasteiger partial charge is 0.495 e. The number of esters is 1. The highest BCUT2D eigenvalue weighted by Crippen LogP contribution is 2.38. The van der Waals surface area contributed by atoms with E-state index in [1.54, 1.807) is 30.5 Å². The van der Waals surface area contributed by atoms with Crippen molar-refractivity contribution in [1.82, 2.24) is 4.98 Å². The number of nitrogens with zero attached hydrogens (tertiary/aromatic N) is 2. The van der Waals surface area contributed by atoms with Gasteiger partial charge in [0.25, 0.3) is 0 Å². The summed E-state index contributed by atoms with van der Waals surface area (Å²) in [5.74, 6) is 0.160. The fraction of sp³-hybridized carbons (Fsp3) is 0.136. The number of carbonyl (C=O) groups excluding carboxylic acids is 1. The van der Waals surface area contributed by atoms with Gasteiger partial charge in [0.1, 0.15) is 29.7 Å². The van der Waals surface area contributed by atoms with Crippen LogP contribution in [-0.2, 0) is 11.3 Å². The Morgan fingerprint density at radius 2 is 1.82 bits per heavy atom. The fourth-order valence-electron chi connectivity index (χ4n) is 2.82. The standard InChI is InChI=1S/C22H18N2O4/c1-26-19-11-10-16(21(27-2)18(19)13-23)20-17(9-6-12-24-20)22(25)28-14-15-7-4-3-5-8-15/h3-12H,14H2,1-2H3. The number of benzene rings is 2. The fourth-order valence-corrected chi connectivity index (χ4v) is 2.82. The molecule has 0 saturated heterocycles. The molecule has 6 nitrogen and oxygen atoms in total. The third-order valence-electron chi connectivity index (χ3n) is 4.15. The van der Waals surface area contributed by atoms with E-state index in [0.29, 0.717) is 17.0 Å². The lowest BCUT2D eigenvalue weighted by atomic mass is 10.0. The SMILES string of the molecule is COc1ccc(-c2ncccc2C(=O)OCc2ccccc2)c(OC)c1C#N. The number of carbonyl (C=O) groups is 1. The molecule has 140 valence electrons. The van der Waals surface area contributed by atoms with Gasteiger partial charge in [-0.3, -0.25) is 4.98 Å². The predicted molar refractivity (Wildman–Crippen MR) is 103 cm³/mol. The first-order valence-electron chi connectivity index (χ1n) is 8.51. The van der Waals surface area contributed by atoms with Crippen LogP contribution in [-0.4, -0.2) is 25.2 Å². The van der Waals surface area contributed by atoms with Crippen molar-refractivity contribution in [2.75, 3.05) is 14.2 Å². The molecule has 0 bridgehead atoms. The average Bonchev–Trinajstić information content (AvgIpc) is 2.76. The Kier molecular flexibility index (Phi) is 5.87. The summed E-state index contributed by atoms with van der Waals surface area (Å²) >= 11 is 0. The van der Waals surface area contributed by atoms with Gasteiger partial charge in [-0.15, -0.1) is 0 Å². The second kappa shape index (κ2) is 8.69. The maximum absolute atomic E-state index is 12.7. The summed E-state index contributed by atoms with van der Waals surface area (Å²) in [6.07, 6.45) is 1.57. The maximum Gasteiger partial charge on any atom is 0.340 e. The molecule has 0 radical (unpaired) electrons. The maximum atomic E-state index is 12.7. The van der Waals surface area contributed by atoms with Crippen LogP contribution in [0.1, 0.15) is 21.5 Å². The summed E-state index contributed by atoms with van der Waals surface area (Å²) in [5, 5.41) is 9.50. The lowest BCUT2D eigenvalue weighted by molar-refractivity contribution is 0.0473. The molecule has 28 heavy (non-hydrogen) atoms. The molecule has 0 fully saturated rings. The molecular formula is C22H18N2O4. The van der Waals surface area contributed by atoms with Crippen LogP contribution in [0.25, 0.3) is 11.3 Å². The molecule has 0 aliphatic heterocycles. The average molecular weight is 374 g/mol. The topological polar surface area (TPSA) is 81.4 Å². The summed E-state index contributed by atoms with van der Waals surface area (Å²) in [5.41, 5.74) is 2.28. The molecule has 0 amide bonds. The van der Waals surface area contributed by atoms with Crippen LogP contribution < -0.4 is 9.47 Å². The Bertz CT molecular complexity index is 1030. The van der Waals surface area contributed by atoms with Crippen molar-refractivity contribution >= 4 is 5.97 Å². The first-order chi connectivity index (χ1) is 13.7. The molecule has 0 aliphatic carbocycles. The number of hydrogen-bond acceptors (Lipinski definition) is 6. The number of hydrogen-bond donors (Lipinski definition) is 0. The monoisotopic (exact) mass is 374 g/mol. The molecule has 1 heterocycles. The molecule has 0 spiro atoms. The molecule has 0 saturated carbocycles. The molecule has 3 aromatic rings. The van der Waals surface area contributed by atoms with E-state index in [1.165, 1.54) is 14.2 Å². The third kappa shape index (κ3) is 3.79. The summed E-state index contributed by atoms with van der Waals surface area (Å²) < 4.78 is 16.1. The van der Waals surface area contributed by atoms with Crippen LogP contribution in [0.15, 0.2) is 60.8 Å². The summed E-state index contributed by atoms with van der Waals surface area (Å²) in [6.45, 7) is 0.150. The Morgan fingerprint density at radius 1 is 1.04 bits per heavy atom. The predicted octanol–water partition coefficient (Wildman–Crippen LogP) is 3.99. The smallest absolute Gasteiger partial charge is 0.340 e. The zero-order valence-corrected chi connectivity index (χ0v) is 15.5. The molecule has 1 aromatic heterocycles. The van der Waals surface area contributed by atoms with E-state index in [-0.39, 0.29) is 23.5 Å². The van der Waals surface area contributed by atoms with E-state index in [1.807, 2.05) is 30.3 Å². The van der Waals surface area contributed by atoms with E-state index in [4.69, 9.17) is 14.2 Å². The van der Waals surface area contributed by atoms with Crippen molar-refractivity contribution in [3.63, 3.8) is 0 Å². The summed E-state index contributed by atoms with van der Waals surface area (Å²) in [7, 11) is 2.93. The van der Waals surface area contributed by atoms with Crippen molar-refractivity contribution in [1.29, 1.82) is 5.26 Å². The molecule has 0 N–H and O–H groups in total. The van der Waals surface area contributed by atoms with E-state index in [9.17, 15) is 10.1 Å². The number of aromatic nitrogens is 1. The minimum atomic E-state index is -0.511. The minimum absolute atomic E-state index is 0.150. The molecule has 6 heteroatoms. The van der Waals surface area contributed by atoms with Gasteiger partial charge < -0.3 is 14.2 Å².